The molecule has 0 bridgehead atoms. The third-order valence-corrected chi connectivity index (χ3v) is 11.3. The minimum atomic E-state index is 0.107. The zero-order chi connectivity index (χ0) is 17.3. The van der Waals surface area contributed by atoms with Crippen molar-refractivity contribution < 1.29 is 4.79 Å². The summed E-state index contributed by atoms with van der Waals surface area (Å²) in [4.78, 5) is 12.6. The minimum absolute atomic E-state index is 0.107. The molecule has 0 aliphatic carbocycles. The number of carbonyl (C=O) groups excluding carboxylic acids is 1. The lowest BCUT2D eigenvalue weighted by molar-refractivity contribution is 0.0988. The Balaban J connectivity index is 1.71. The Kier molecular flexibility index (Phi) is 9.53. The van der Waals surface area contributed by atoms with E-state index in [1.54, 1.807) is 0 Å². The topological polar surface area (TPSA) is 17.1 Å². The molecule has 1 saturated heterocycles. The average Bonchev–Trinajstić information content (AvgIpc) is 2.65. The summed E-state index contributed by atoms with van der Waals surface area (Å²) in [5, 5.41) is 0.107. The Morgan fingerprint density at radius 1 is 1.17 bits per heavy atom. The molecule has 0 N–H and O–H groups in total. The van der Waals surface area contributed by atoms with E-state index in [1.165, 1.54) is 36.5 Å². The summed E-state index contributed by atoms with van der Waals surface area (Å²) in [5.41, 5.74) is 0.853. The maximum Gasteiger partial charge on any atom is 0.175 e. The third kappa shape index (κ3) is 6.22. The molecule has 1 heterocycles. The van der Waals surface area contributed by atoms with Crippen molar-refractivity contribution >= 4 is 52.8 Å². The lowest BCUT2D eigenvalue weighted by atomic mass is 10.1. The van der Waals surface area contributed by atoms with Crippen molar-refractivity contribution in [3.63, 3.8) is 0 Å². The molecule has 1 nitrogen and oxygen atoms in total. The van der Waals surface area contributed by atoms with Crippen molar-refractivity contribution in [3.05, 3.63) is 35.9 Å². The first-order valence-corrected chi connectivity index (χ1v) is 12.8. The minimum Gasteiger partial charge on any atom is -0.293 e. The maximum absolute atomic E-state index is 12.6. The van der Waals surface area contributed by atoms with Gasteiger partial charge in [0.15, 0.2) is 5.78 Å². The van der Waals surface area contributed by atoms with E-state index in [9.17, 15) is 4.79 Å². The van der Waals surface area contributed by atoms with E-state index in [2.05, 4.69) is 49.1 Å². The number of rotatable bonds is 10. The van der Waals surface area contributed by atoms with Gasteiger partial charge < -0.3 is 0 Å². The molecule has 0 saturated carbocycles. The number of Topliss-reactive ketones (excluding diaryl/α,β-unsaturated/α-hetero) is 1. The first kappa shape index (κ1) is 20.6. The van der Waals surface area contributed by atoms with Crippen LogP contribution in [0.15, 0.2) is 30.3 Å². The number of carbonyl (C=O) groups is 1. The van der Waals surface area contributed by atoms with Crippen LogP contribution in [0.4, 0.5) is 0 Å². The van der Waals surface area contributed by atoms with E-state index >= 15 is 0 Å². The highest BCUT2D eigenvalue weighted by molar-refractivity contribution is 8.34. The molecule has 0 radical (unpaired) electrons. The van der Waals surface area contributed by atoms with Crippen LogP contribution >= 0.6 is 47.0 Å². The summed E-state index contributed by atoms with van der Waals surface area (Å²) in [6.07, 6.45) is 4.70. The second-order valence-corrected chi connectivity index (χ2v) is 12.1. The van der Waals surface area contributed by atoms with Gasteiger partial charge in [-0.05, 0) is 48.7 Å². The molecule has 1 aliphatic heterocycles. The van der Waals surface area contributed by atoms with Crippen LogP contribution in [0, 0.1) is 0 Å². The second kappa shape index (κ2) is 11.1. The molecule has 1 atom stereocenters. The molecular formula is C19H28OS4. The summed E-state index contributed by atoms with van der Waals surface area (Å²) in [6, 6.07) is 9.73. The third-order valence-electron chi connectivity index (χ3n) is 4.02. The Morgan fingerprint density at radius 3 is 2.50 bits per heavy atom. The van der Waals surface area contributed by atoms with Crippen LogP contribution in [0.2, 0.25) is 0 Å². The van der Waals surface area contributed by atoms with Crippen molar-refractivity contribution in [3.8, 4) is 0 Å². The molecule has 1 aromatic carbocycles. The Labute approximate surface area is 164 Å². The molecule has 5 heteroatoms. The molecule has 1 aromatic rings. The predicted molar refractivity (Wildman–Crippen MR) is 117 cm³/mol. The lowest BCUT2D eigenvalue weighted by Crippen LogP contribution is -2.21. The zero-order valence-corrected chi connectivity index (χ0v) is 17.9. The fourth-order valence-electron chi connectivity index (χ4n) is 2.62. The van der Waals surface area contributed by atoms with Crippen molar-refractivity contribution in [2.75, 3.05) is 23.0 Å². The quantitative estimate of drug-likeness (QED) is 0.331. The zero-order valence-electron chi connectivity index (χ0n) is 14.7. The summed E-state index contributed by atoms with van der Waals surface area (Å²) in [5.74, 6) is 5.20. The molecule has 2 rings (SSSR count). The SMILES string of the molecule is CCC(SCCCSC1(CC)SCCCS1)C(=O)c1ccccc1. The average molecular weight is 401 g/mol. The number of benzene rings is 1. The van der Waals surface area contributed by atoms with Gasteiger partial charge in [0.1, 0.15) is 3.41 Å². The van der Waals surface area contributed by atoms with Crippen molar-refractivity contribution in [1.29, 1.82) is 0 Å². The van der Waals surface area contributed by atoms with Gasteiger partial charge in [0.2, 0.25) is 0 Å². The van der Waals surface area contributed by atoms with Crippen LogP contribution in [0.5, 0.6) is 0 Å². The summed E-state index contributed by atoms with van der Waals surface area (Å²) < 4.78 is 0.396. The fourth-order valence-corrected chi connectivity index (χ4v) is 9.02. The molecule has 0 aromatic heterocycles. The van der Waals surface area contributed by atoms with Crippen LogP contribution in [0.25, 0.3) is 0 Å². The highest BCUT2D eigenvalue weighted by Gasteiger charge is 2.32. The van der Waals surface area contributed by atoms with Crippen LogP contribution in [-0.4, -0.2) is 37.5 Å². The van der Waals surface area contributed by atoms with E-state index in [0.29, 0.717) is 9.19 Å². The molecule has 0 amide bonds. The Hall–Kier alpha value is 0.290. The predicted octanol–water partition coefficient (Wildman–Crippen LogP) is 6.44. The lowest BCUT2D eigenvalue weighted by Gasteiger charge is -2.34. The molecule has 1 aliphatic rings. The number of thioether (sulfide) groups is 4. The monoisotopic (exact) mass is 400 g/mol. The van der Waals surface area contributed by atoms with E-state index in [4.69, 9.17) is 0 Å². The Bertz CT molecular complexity index is 485. The van der Waals surface area contributed by atoms with E-state index in [1.807, 2.05) is 42.1 Å². The van der Waals surface area contributed by atoms with Gasteiger partial charge in [-0.15, -0.1) is 35.3 Å². The van der Waals surface area contributed by atoms with E-state index in [-0.39, 0.29) is 5.25 Å². The highest BCUT2D eigenvalue weighted by Crippen LogP contribution is 2.52. The van der Waals surface area contributed by atoms with Gasteiger partial charge in [-0.2, -0.15) is 11.8 Å². The first-order chi connectivity index (χ1) is 11.7. The normalized spacial score (nSPS) is 18.2. The van der Waals surface area contributed by atoms with Gasteiger partial charge in [-0.3, -0.25) is 4.79 Å². The van der Waals surface area contributed by atoms with E-state index in [0.717, 1.165) is 17.7 Å². The molecule has 1 fully saturated rings. The number of ketones is 1. The number of hydrogen-bond acceptors (Lipinski definition) is 5. The van der Waals surface area contributed by atoms with Gasteiger partial charge >= 0.3 is 0 Å². The largest absolute Gasteiger partial charge is 0.293 e. The van der Waals surface area contributed by atoms with Crippen LogP contribution < -0.4 is 0 Å². The molecule has 24 heavy (non-hydrogen) atoms. The number of hydrogen-bond donors (Lipinski definition) is 0. The van der Waals surface area contributed by atoms with Gasteiger partial charge in [0, 0.05) is 5.56 Å². The van der Waals surface area contributed by atoms with Crippen molar-refractivity contribution in [1.82, 2.24) is 0 Å². The smallest absolute Gasteiger partial charge is 0.175 e. The van der Waals surface area contributed by atoms with E-state index < -0.39 is 0 Å². The van der Waals surface area contributed by atoms with Crippen LogP contribution in [0.3, 0.4) is 0 Å². The van der Waals surface area contributed by atoms with Crippen LogP contribution in [0.1, 0.15) is 49.9 Å². The summed E-state index contributed by atoms with van der Waals surface area (Å²) in [6.45, 7) is 4.44. The summed E-state index contributed by atoms with van der Waals surface area (Å²) in [7, 11) is 0. The van der Waals surface area contributed by atoms with Crippen molar-refractivity contribution in [2.24, 2.45) is 0 Å². The molecule has 134 valence electrons. The van der Waals surface area contributed by atoms with Gasteiger partial charge in [0.05, 0.1) is 5.25 Å². The molecule has 1 unspecified atom stereocenters. The molecular weight excluding hydrogens is 372 g/mol. The Morgan fingerprint density at radius 2 is 1.88 bits per heavy atom. The van der Waals surface area contributed by atoms with Gasteiger partial charge in [-0.25, -0.2) is 0 Å². The second-order valence-electron chi connectivity index (χ2n) is 5.79. The highest BCUT2D eigenvalue weighted by atomic mass is 32.3. The maximum atomic E-state index is 12.6. The van der Waals surface area contributed by atoms with Gasteiger partial charge in [-0.1, -0.05) is 44.2 Å². The van der Waals surface area contributed by atoms with Gasteiger partial charge in [0.25, 0.3) is 0 Å². The van der Waals surface area contributed by atoms with Crippen molar-refractivity contribution in [2.45, 2.75) is 48.2 Å². The van der Waals surface area contributed by atoms with Crippen LogP contribution in [-0.2, 0) is 0 Å². The first-order valence-electron chi connectivity index (χ1n) is 8.83. The summed E-state index contributed by atoms with van der Waals surface area (Å²) >= 11 is 8.27. The fraction of sp³-hybridized carbons (Fsp3) is 0.632. The standard InChI is InChI=1S/C19H28OS4/c1-3-17(18(20)16-10-6-5-7-11-16)21-12-8-13-22-19(4-2)23-14-9-15-24-19/h5-7,10-11,17H,3-4,8-9,12-15H2,1-2H3. The molecule has 0 spiro atoms.